The van der Waals surface area contributed by atoms with Crippen molar-refractivity contribution in [2.75, 3.05) is 17.7 Å². The highest BCUT2D eigenvalue weighted by Gasteiger charge is 2.25. The second-order valence-corrected chi connectivity index (χ2v) is 6.57. The average molecular weight is 386 g/mol. The zero-order valence-corrected chi connectivity index (χ0v) is 16.6. The Hall–Kier alpha value is -2.60. The molecule has 4 nitrogen and oxygen atoms in total. The fourth-order valence-electron chi connectivity index (χ4n) is 2.71. The van der Waals surface area contributed by atoms with Gasteiger partial charge in [-0.1, -0.05) is 38.1 Å². The summed E-state index contributed by atoms with van der Waals surface area (Å²) in [5, 5.41) is 0. The molecule has 2 aromatic rings. The number of anilines is 1. The molecular weight excluding hydrogens is 361 g/mol. The first kappa shape index (κ1) is 20.7. The minimum atomic E-state index is -0.370. The molecule has 1 aliphatic rings. The van der Waals surface area contributed by atoms with Crippen molar-refractivity contribution in [2.24, 2.45) is 10.7 Å². The monoisotopic (exact) mass is 385 g/mol. The number of fused-ring (bicyclic) bond motifs is 1. The zero-order valence-electron chi connectivity index (χ0n) is 15.8. The second kappa shape index (κ2) is 9.92. The van der Waals surface area contributed by atoms with Crippen LogP contribution in [-0.4, -0.2) is 24.9 Å². The van der Waals surface area contributed by atoms with Gasteiger partial charge in [0.05, 0.1) is 18.0 Å². The zero-order chi connectivity index (χ0) is 19.8. The Morgan fingerprint density at radius 1 is 1.30 bits per heavy atom. The normalized spacial score (nSPS) is 14.0. The van der Waals surface area contributed by atoms with Gasteiger partial charge in [-0.15, -0.1) is 11.8 Å². The number of thioether (sulfide) groups is 1. The number of nitrogens with zero attached hydrogens (tertiary/aromatic N) is 2. The molecule has 27 heavy (non-hydrogen) atoms. The first-order valence-electron chi connectivity index (χ1n) is 8.79. The molecule has 0 saturated heterocycles. The van der Waals surface area contributed by atoms with E-state index in [0.29, 0.717) is 22.5 Å². The number of amides is 1. The lowest BCUT2D eigenvalue weighted by molar-refractivity contribution is -0.116. The predicted octanol–water partition coefficient (Wildman–Crippen LogP) is 4.49. The third kappa shape index (κ3) is 4.77. The van der Waals surface area contributed by atoms with Crippen molar-refractivity contribution in [3.8, 4) is 0 Å². The van der Waals surface area contributed by atoms with Gasteiger partial charge in [0, 0.05) is 35.5 Å². The molecule has 0 aliphatic carbocycles. The van der Waals surface area contributed by atoms with Crippen LogP contribution in [0.25, 0.3) is 5.57 Å². The Bertz CT molecular complexity index is 864. The van der Waals surface area contributed by atoms with Crippen molar-refractivity contribution in [3.05, 3.63) is 65.6 Å². The number of nitrogens with two attached hydrogens (primary N) is 1. The SMILES string of the molecule is CC.CN=C/C(=C\N)c1ccc(CN2C(=O)CSc3ccccc32)c(F)c1. The Morgan fingerprint density at radius 3 is 2.70 bits per heavy atom. The highest BCUT2D eigenvalue weighted by molar-refractivity contribution is 8.00. The number of carbonyl (C=O) groups excluding carboxylic acids is 1. The molecular formula is C21H24FN3OS. The van der Waals surface area contributed by atoms with Gasteiger partial charge in [-0.2, -0.15) is 0 Å². The standard InChI is InChI=1S/C19H18FN3OS.C2H6/c1-22-10-15(9-21)13-6-7-14(16(20)8-13)11-23-17-4-2-3-5-18(17)25-12-19(23)24;1-2/h2-10H,11-12,21H2,1H3;1-2H3/b15-9+,22-10?;. The van der Waals surface area contributed by atoms with Gasteiger partial charge >= 0.3 is 0 Å². The first-order valence-corrected chi connectivity index (χ1v) is 9.77. The number of para-hydroxylation sites is 1. The van der Waals surface area contributed by atoms with Crippen LogP contribution in [0, 0.1) is 5.82 Å². The maximum Gasteiger partial charge on any atom is 0.237 e. The van der Waals surface area contributed by atoms with Crippen LogP contribution in [0.5, 0.6) is 0 Å². The van der Waals surface area contributed by atoms with Crippen molar-refractivity contribution in [1.82, 2.24) is 0 Å². The van der Waals surface area contributed by atoms with Crippen LogP contribution in [0.15, 0.2) is 58.6 Å². The highest BCUT2D eigenvalue weighted by Crippen LogP contribution is 2.36. The topological polar surface area (TPSA) is 58.7 Å². The summed E-state index contributed by atoms with van der Waals surface area (Å²) in [6.45, 7) is 4.20. The summed E-state index contributed by atoms with van der Waals surface area (Å²) in [5.74, 6) is -0.0262. The van der Waals surface area contributed by atoms with Gasteiger partial charge in [-0.3, -0.25) is 9.79 Å². The van der Waals surface area contributed by atoms with E-state index in [1.165, 1.54) is 24.0 Å². The van der Waals surface area contributed by atoms with Gasteiger partial charge in [0.2, 0.25) is 5.91 Å². The van der Waals surface area contributed by atoms with E-state index in [-0.39, 0.29) is 18.3 Å². The van der Waals surface area contributed by atoms with E-state index in [1.54, 1.807) is 30.3 Å². The third-order valence-electron chi connectivity index (χ3n) is 3.97. The summed E-state index contributed by atoms with van der Waals surface area (Å²) < 4.78 is 14.6. The van der Waals surface area contributed by atoms with E-state index in [1.807, 2.05) is 38.1 Å². The van der Waals surface area contributed by atoms with E-state index >= 15 is 0 Å². The summed E-state index contributed by atoms with van der Waals surface area (Å²) in [5.41, 5.74) is 8.15. The van der Waals surface area contributed by atoms with Crippen LogP contribution < -0.4 is 10.6 Å². The lowest BCUT2D eigenvalue weighted by Gasteiger charge is -2.29. The lowest BCUT2D eigenvalue weighted by atomic mass is 10.0. The van der Waals surface area contributed by atoms with Crippen molar-refractivity contribution in [1.29, 1.82) is 0 Å². The van der Waals surface area contributed by atoms with Crippen molar-refractivity contribution >= 4 is 35.1 Å². The molecule has 0 radical (unpaired) electrons. The molecule has 2 aromatic carbocycles. The molecule has 2 N–H and O–H groups in total. The van der Waals surface area contributed by atoms with Crippen LogP contribution in [0.2, 0.25) is 0 Å². The summed E-state index contributed by atoms with van der Waals surface area (Å²) >= 11 is 1.51. The van der Waals surface area contributed by atoms with Gasteiger partial charge in [0.1, 0.15) is 5.82 Å². The molecule has 0 unspecified atom stereocenters. The van der Waals surface area contributed by atoms with Crippen LogP contribution in [-0.2, 0) is 11.3 Å². The van der Waals surface area contributed by atoms with Gasteiger partial charge in [0.25, 0.3) is 0 Å². The largest absolute Gasteiger partial charge is 0.404 e. The number of aliphatic imine (C=N–C) groups is 1. The molecule has 3 rings (SSSR count). The number of allylic oxidation sites excluding steroid dienone is 1. The van der Waals surface area contributed by atoms with Gasteiger partial charge < -0.3 is 10.6 Å². The molecule has 0 bridgehead atoms. The maximum atomic E-state index is 14.6. The molecule has 142 valence electrons. The molecule has 1 amide bonds. The number of halogens is 1. The average Bonchev–Trinajstić information content (AvgIpc) is 2.71. The predicted molar refractivity (Wildman–Crippen MR) is 113 cm³/mol. The second-order valence-electron chi connectivity index (χ2n) is 5.55. The number of carbonyl (C=O) groups is 1. The van der Waals surface area contributed by atoms with Crippen LogP contribution in [0.4, 0.5) is 10.1 Å². The minimum absolute atomic E-state index is 0.0205. The molecule has 1 heterocycles. The quantitative estimate of drug-likeness (QED) is 0.789. The summed E-state index contributed by atoms with van der Waals surface area (Å²) in [7, 11) is 1.63. The first-order chi connectivity index (χ1) is 13.1. The van der Waals surface area contributed by atoms with E-state index in [9.17, 15) is 9.18 Å². The summed E-state index contributed by atoms with van der Waals surface area (Å²) in [6.07, 6.45) is 2.97. The molecule has 0 saturated carbocycles. The maximum absolute atomic E-state index is 14.6. The molecule has 0 aromatic heterocycles. The van der Waals surface area contributed by atoms with Crippen LogP contribution >= 0.6 is 11.8 Å². The lowest BCUT2D eigenvalue weighted by Crippen LogP contribution is -2.35. The smallest absolute Gasteiger partial charge is 0.237 e. The molecule has 6 heteroatoms. The Kier molecular flexibility index (Phi) is 7.61. The van der Waals surface area contributed by atoms with Gasteiger partial charge in [0.15, 0.2) is 0 Å². The van der Waals surface area contributed by atoms with Crippen LogP contribution in [0.3, 0.4) is 0 Å². The van der Waals surface area contributed by atoms with Crippen molar-refractivity contribution in [2.45, 2.75) is 25.3 Å². The molecule has 1 aliphatic heterocycles. The summed E-state index contributed by atoms with van der Waals surface area (Å²) in [4.78, 5) is 18.9. The van der Waals surface area contributed by atoms with E-state index in [0.717, 1.165) is 10.6 Å². The Labute approximate surface area is 164 Å². The Morgan fingerprint density at radius 2 is 2.04 bits per heavy atom. The number of hydrogen-bond donors (Lipinski definition) is 1. The number of hydrogen-bond acceptors (Lipinski definition) is 4. The molecule has 0 spiro atoms. The summed E-state index contributed by atoms with van der Waals surface area (Å²) in [6, 6.07) is 12.6. The third-order valence-corrected chi connectivity index (χ3v) is 5.02. The number of benzene rings is 2. The van der Waals surface area contributed by atoms with E-state index in [2.05, 4.69) is 4.99 Å². The van der Waals surface area contributed by atoms with Crippen LogP contribution in [0.1, 0.15) is 25.0 Å². The Balaban J connectivity index is 0.00000126. The molecule has 0 atom stereocenters. The number of rotatable bonds is 4. The van der Waals surface area contributed by atoms with E-state index < -0.39 is 0 Å². The van der Waals surface area contributed by atoms with Crippen molar-refractivity contribution in [3.63, 3.8) is 0 Å². The van der Waals surface area contributed by atoms with Gasteiger partial charge in [-0.05, 0) is 23.8 Å². The fourth-order valence-corrected chi connectivity index (χ4v) is 3.64. The van der Waals surface area contributed by atoms with Gasteiger partial charge in [-0.25, -0.2) is 4.39 Å². The molecule has 0 fully saturated rings. The van der Waals surface area contributed by atoms with Crippen molar-refractivity contribution < 1.29 is 9.18 Å². The minimum Gasteiger partial charge on any atom is -0.404 e. The van der Waals surface area contributed by atoms with E-state index in [4.69, 9.17) is 5.73 Å². The highest BCUT2D eigenvalue weighted by atomic mass is 32.2. The fraction of sp³-hybridized carbons (Fsp3) is 0.238.